The van der Waals surface area contributed by atoms with Gasteiger partial charge in [0.15, 0.2) is 0 Å². The lowest BCUT2D eigenvalue weighted by Gasteiger charge is -2.35. The van der Waals surface area contributed by atoms with Crippen molar-refractivity contribution in [1.82, 2.24) is 4.31 Å². The van der Waals surface area contributed by atoms with E-state index in [1.54, 1.807) is 0 Å². The molecule has 2 rings (SSSR count). The standard InChI is InChI=1S/C10H9ClFNO4S/c11-8-2-1-7(12)3-9(8)18(16,17)13-4-6(5-13)10(14)15/h1-3,6H,4-5H2,(H,14,15). The van der Waals surface area contributed by atoms with Crippen LogP contribution in [0.25, 0.3) is 0 Å². The number of hydrogen-bond acceptors (Lipinski definition) is 3. The summed E-state index contributed by atoms with van der Waals surface area (Å²) in [4.78, 5) is 10.3. The zero-order chi connectivity index (χ0) is 13.5. The second kappa shape index (κ2) is 4.49. The molecule has 1 aromatic carbocycles. The Morgan fingerprint density at radius 2 is 2.06 bits per heavy atom. The fourth-order valence-electron chi connectivity index (χ4n) is 1.60. The highest BCUT2D eigenvalue weighted by molar-refractivity contribution is 7.89. The van der Waals surface area contributed by atoms with Crippen molar-refractivity contribution in [3.63, 3.8) is 0 Å². The molecule has 0 radical (unpaired) electrons. The number of halogens is 2. The van der Waals surface area contributed by atoms with Crippen molar-refractivity contribution >= 4 is 27.6 Å². The molecule has 0 spiro atoms. The first-order valence-electron chi connectivity index (χ1n) is 5.00. The van der Waals surface area contributed by atoms with E-state index in [0.29, 0.717) is 0 Å². The zero-order valence-electron chi connectivity index (χ0n) is 9.01. The second-order valence-electron chi connectivity index (χ2n) is 3.93. The number of carboxylic acids is 1. The Morgan fingerprint density at radius 1 is 1.44 bits per heavy atom. The van der Waals surface area contributed by atoms with Crippen LogP contribution in [0.2, 0.25) is 5.02 Å². The Morgan fingerprint density at radius 3 is 2.61 bits per heavy atom. The van der Waals surface area contributed by atoms with E-state index in [0.717, 1.165) is 22.5 Å². The first-order chi connectivity index (χ1) is 8.32. The van der Waals surface area contributed by atoms with Gasteiger partial charge >= 0.3 is 5.97 Å². The average Bonchev–Trinajstić information content (AvgIpc) is 2.18. The van der Waals surface area contributed by atoms with Gasteiger partial charge in [-0.25, -0.2) is 12.8 Å². The predicted octanol–water partition coefficient (Wildman–Crippen LogP) is 1.18. The highest BCUT2D eigenvalue weighted by Gasteiger charge is 2.41. The van der Waals surface area contributed by atoms with Crippen molar-refractivity contribution in [3.8, 4) is 0 Å². The molecule has 1 N–H and O–H groups in total. The molecule has 1 fully saturated rings. The molecular weight excluding hydrogens is 285 g/mol. The van der Waals surface area contributed by atoms with Gasteiger partial charge in [-0.3, -0.25) is 4.79 Å². The quantitative estimate of drug-likeness (QED) is 0.908. The van der Waals surface area contributed by atoms with Gasteiger partial charge in [-0.1, -0.05) is 11.6 Å². The lowest BCUT2D eigenvalue weighted by Crippen LogP contribution is -2.52. The van der Waals surface area contributed by atoms with Crippen LogP contribution in [-0.2, 0) is 14.8 Å². The fourth-order valence-corrected chi connectivity index (χ4v) is 3.62. The maximum atomic E-state index is 13.0. The summed E-state index contributed by atoms with van der Waals surface area (Å²) in [6.07, 6.45) is 0. The number of benzene rings is 1. The molecule has 0 bridgehead atoms. The number of rotatable bonds is 3. The van der Waals surface area contributed by atoms with Crippen LogP contribution in [0, 0.1) is 11.7 Å². The molecule has 1 saturated heterocycles. The third-order valence-electron chi connectivity index (χ3n) is 2.71. The van der Waals surface area contributed by atoms with Crippen molar-refractivity contribution < 1.29 is 22.7 Å². The molecule has 0 saturated carbocycles. The summed E-state index contributed by atoms with van der Waals surface area (Å²) in [5, 5.41) is 8.59. The summed E-state index contributed by atoms with van der Waals surface area (Å²) in [6, 6.07) is 3.03. The Bertz CT molecular complexity index is 598. The van der Waals surface area contributed by atoms with Crippen LogP contribution in [0.15, 0.2) is 23.1 Å². The predicted molar refractivity (Wildman–Crippen MR) is 61.3 cm³/mol. The zero-order valence-corrected chi connectivity index (χ0v) is 10.6. The summed E-state index contributed by atoms with van der Waals surface area (Å²) in [6.45, 7) is -0.241. The number of hydrogen-bond donors (Lipinski definition) is 1. The largest absolute Gasteiger partial charge is 0.481 e. The topological polar surface area (TPSA) is 74.7 Å². The van der Waals surface area contributed by atoms with Gasteiger partial charge < -0.3 is 5.11 Å². The van der Waals surface area contributed by atoms with Crippen LogP contribution < -0.4 is 0 Å². The van der Waals surface area contributed by atoms with E-state index in [4.69, 9.17) is 16.7 Å². The van der Waals surface area contributed by atoms with E-state index >= 15 is 0 Å². The lowest BCUT2D eigenvalue weighted by molar-refractivity contribution is -0.145. The first kappa shape index (κ1) is 13.3. The van der Waals surface area contributed by atoms with Crippen LogP contribution >= 0.6 is 11.6 Å². The van der Waals surface area contributed by atoms with Gasteiger partial charge in [-0.05, 0) is 18.2 Å². The van der Waals surface area contributed by atoms with Gasteiger partial charge in [-0.15, -0.1) is 0 Å². The highest BCUT2D eigenvalue weighted by atomic mass is 35.5. The third-order valence-corrected chi connectivity index (χ3v) is 5.02. The molecule has 0 atom stereocenters. The summed E-state index contributed by atoms with van der Waals surface area (Å²) in [5.41, 5.74) is 0. The van der Waals surface area contributed by atoms with Gasteiger partial charge in [0.05, 0.1) is 10.9 Å². The van der Waals surface area contributed by atoms with Crippen LogP contribution in [0.3, 0.4) is 0 Å². The molecular formula is C10H9ClFNO4S. The van der Waals surface area contributed by atoms with E-state index in [1.807, 2.05) is 0 Å². The summed E-state index contributed by atoms with van der Waals surface area (Å²) in [5.74, 6) is -2.48. The molecule has 1 aliphatic rings. The highest BCUT2D eigenvalue weighted by Crippen LogP contribution is 2.30. The maximum Gasteiger partial charge on any atom is 0.309 e. The Labute approximate surface area is 108 Å². The Balaban J connectivity index is 2.28. The number of carbonyl (C=O) groups is 1. The molecule has 0 amide bonds. The maximum absolute atomic E-state index is 13.0. The molecule has 1 aliphatic heterocycles. The minimum atomic E-state index is -3.92. The molecule has 98 valence electrons. The number of carboxylic acid groups (broad SMARTS) is 1. The van der Waals surface area contributed by atoms with Crippen LogP contribution in [0.5, 0.6) is 0 Å². The number of sulfonamides is 1. The van der Waals surface area contributed by atoms with Gasteiger partial charge in [0.25, 0.3) is 0 Å². The normalized spacial score (nSPS) is 17.4. The minimum Gasteiger partial charge on any atom is -0.481 e. The van der Waals surface area contributed by atoms with Gasteiger partial charge in [0.2, 0.25) is 10.0 Å². The number of nitrogens with zero attached hydrogens (tertiary/aromatic N) is 1. The third kappa shape index (κ3) is 2.21. The molecule has 1 aromatic rings. The molecule has 0 aliphatic carbocycles. The van der Waals surface area contributed by atoms with E-state index in [9.17, 15) is 17.6 Å². The van der Waals surface area contributed by atoms with Crippen molar-refractivity contribution in [2.45, 2.75) is 4.90 Å². The van der Waals surface area contributed by atoms with E-state index < -0.39 is 27.7 Å². The van der Waals surface area contributed by atoms with Gasteiger partial charge in [0, 0.05) is 13.1 Å². The summed E-state index contributed by atoms with van der Waals surface area (Å²) < 4.78 is 38.1. The van der Waals surface area contributed by atoms with Crippen molar-refractivity contribution in [2.75, 3.05) is 13.1 Å². The SMILES string of the molecule is O=C(O)C1CN(S(=O)(=O)c2cc(F)ccc2Cl)C1. The minimum absolute atomic E-state index is 0.0878. The number of aliphatic carboxylic acids is 1. The molecule has 8 heteroatoms. The van der Waals surface area contributed by atoms with E-state index in [1.165, 1.54) is 0 Å². The van der Waals surface area contributed by atoms with Gasteiger partial charge in [0.1, 0.15) is 10.7 Å². The molecule has 0 unspecified atom stereocenters. The first-order valence-corrected chi connectivity index (χ1v) is 6.82. The van der Waals surface area contributed by atoms with Gasteiger partial charge in [-0.2, -0.15) is 4.31 Å². The fraction of sp³-hybridized carbons (Fsp3) is 0.300. The summed E-state index contributed by atoms with van der Waals surface area (Å²) in [7, 11) is -3.92. The smallest absolute Gasteiger partial charge is 0.309 e. The Kier molecular flexibility index (Phi) is 3.31. The lowest BCUT2D eigenvalue weighted by atomic mass is 10.0. The average molecular weight is 294 g/mol. The second-order valence-corrected chi connectivity index (χ2v) is 6.25. The molecule has 5 nitrogen and oxygen atoms in total. The monoisotopic (exact) mass is 293 g/mol. The molecule has 1 heterocycles. The summed E-state index contributed by atoms with van der Waals surface area (Å²) >= 11 is 5.72. The van der Waals surface area contributed by atoms with Crippen molar-refractivity contribution in [1.29, 1.82) is 0 Å². The molecule has 0 aromatic heterocycles. The van der Waals surface area contributed by atoms with E-state index in [2.05, 4.69) is 0 Å². The molecule has 18 heavy (non-hydrogen) atoms. The van der Waals surface area contributed by atoms with Crippen LogP contribution in [-0.4, -0.2) is 36.9 Å². The van der Waals surface area contributed by atoms with E-state index in [-0.39, 0.29) is 23.0 Å². The van der Waals surface area contributed by atoms with Crippen LogP contribution in [0.1, 0.15) is 0 Å². The van der Waals surface area contributed by atoms with Crippen molar-refractivity contribution in [2.24, 2.45) is 5.92 Å². The Hall–Kier alpha value is -1.18. The van der Waals surface area contributed by atoms with Crippen LogP contribution in [0.4, 0.5) is 4.39 Å². The van der Waals surface area contributed by atoms with Crippen molar-refractivity contribution in [3.05, 3.63) is 29.0 Å².